The highest BCUT2D eigenvalue weighted by atomic mass is 32.1. The lowest BCUT2D eigenvalue weighted by Crippen LogP contribution is -2.18. The first-order chi connectivity index (χ1) is 13.1. The van der Waals surface area contributed by atoms with Crippen molar-refractivity contribution in [3.8, 4) is 0 Å². The van der Waals surface area contributed by atoms with Gasteiger partial charge in [-0.2, -0.15) is 0 Å². The highest BCUT2D eigenvalue weighted by Gasteiger charge is 2.16. The van der Waals surface area contributed by atoms with Gasteiger partial charge in [-0.15, -0.1) is 10.2 Å². The lowest BCUT2D eigenvalue weighted by molar-refractivity contribution is 0.102. The van der Waals surface area contributed by atoms with Crippen LogP contribution in [0.1, 0.15) is 48.3 Å². The van der Waals surface area contributed by atoms with Crippen molar-refractivity contribution in [3.05, 3.63) is 64.8 Å². The minimum atomic E-state index is -0.249. The Balaban J connectivity index is 1.70. The number of aromatic nitrogens is 3. The average Bonchev–Trinajstić information content (AvgIpc) is 3.19. The molecule has 2 aromatic heterocycles. The van der Waals surface area contributed by atoms with Gasteiger partial charge in [-0.1, -0.05) is 56.4 Å². The second kappa shape index (κ2) is 8.73. The summed E-state index contributed by atoms with van der Waals surface area (Å²) < 4.78 is 0. The Morgan fingerprint density at radius 3 is 2.48 bits per heavy atom. The van der Waals surface area contributed by atoms with Crippen LogP contribution in [0, 0.1) is 5.92 Å². The fraction of sp³-hybridized carbons (Fsp3) is 0.300. The van der Waals surface area contributed by atoms with Gasteiger partial charge < -0.3 is 5.32 Å². The molecule has 0 aliphatic heterocycles. The monoisotopic (exact) mass is 381 g/mol. The van der Waals surface area contributed by atoms with Crippen LogP contribution >= 0.6 is 11.3 Å². The molecule has 1 aromatic carbocycles. The number of anilines is 2. The molecule has 140 valence electrons. The van der Waals surface area contributed by atoms with Gasteiger partial charge in [0.2, 0.25) is 5.13 Å². The summed E-state index contributed by atoms with van der Waals surface area (Å²) in [4.78, 5) is 16.6. The van der Waals surface area contributed by atoms with Crippen molar-refractivity contribution >= 4 is 28.2 Å². The number of nitrogens with zero attached hydrogens (tertiary/aromatic N) is 3. The van der Waals surface area contributed by atoms with E-state index in [9.17, 15) is 4.79 Å². The predicted molar refractivity (Wildman–Crippen MR) is 109 cm³/mol. The number of pyridine rings is 1. The van der Waals surface area contributed by atoms with Crippen LogP contribution < -0.4 is 10.6 Å². The second-order valence-electron chi connectivity index (χ2n) is 6.59. The first-order valence-corrected chi connectivity index (χ1v) is 9.83. The Hall–Kier alpha value is -2.80. The van der Waals surface area contributed by atoms with Crippen molar-refractivity contribution in [3.63, 3.8) is 0 Å². The summed E-state index contributed by atoms with van der Waals surface area (Å²) in [7, 11) is 0. The molecule has 2 N–H and O–H groups in total. The van der Waals surface area contributed by atoms with E-state index >= 15 is 0 Å². The smallest absolute Gasteiger partial charge is 0.259 e. The molecule has 0 aliphatic carbocycles. The fourth-order valence-corrected chi connectivity index (χ4v) is 3.21. The van der Waals surface area contributed by atoms with E-state index in [4.69, 9.17) is 0 Å². The highest BCUT2D eigenvalue weighted by molar-refractivity contribution is 7.13. The quantitative estimate of drug-likeness (QED) is 0.627. The molecule has 1 atom stereocenters. The molecule has 3 rings (SSSR count). The van der Waals surface area contributed by atoms with E-state index in [0.29, 0.717) is 16.6 Å². The number of rotatable bonds is 7. The van der Waals surface area contributed by atoms with Crippen LogP contribution in [0.2, 0.25) is 0 Å². The van der Waals surface area contributed by atoms with Crippen LogP contribution in [0.3, 0.4) is 0 Å². The van der Waals surface area contributed by atoms with Crippen molar-refractivity contribution in [2.24, 2.45) is 5.92 Å². The average molecular weight is 382 g/mol. The molecular formula is C20H23N5OS. The van der Waals surface area contributed by atoms with Gasteiger partial charge in [-0.3, -0.25) is 10.1 Å². The standard InChI is InChI=1S/C20H23N5OS/c1-4-14-5-7-15(8-6-14)18(13(2)3)23-17-10-9-16(11-21-17)19(26)24-20-25-22-12-27-20/h5-13,18H,4H2,1-3H3,(H,21,23)(H,24,25,26). The molecule has 6 nitrogen and oxygen atoms in total. The van der Waals surface area contributed by atoms with Crippen LogP contribution in [0.15, 0.2) is 48.1 Å². The molecule has 0 spiro atoms. The Bertz CT molecular complexity index is 860. The zero-order valence-corrected chi connectivity index (χ0v) is 16.5. The summed E-state index contributed by atoms with van der Waals surface area (Å²) in [5, 5.41) is 14.2. The van der Waals surface area contributed by atoms with Gasteiger partial charge in [0, 0.05) is 6.20 Å². The largest absolute Gasteiger partial charge is 0.363 e. The molecule has 0 saturated heterocycles. The zero-order chi connectivity index (χ0) is 19.2. The number of hydrogen-bond donors (Lipinski definition) is 2. The van der Waals surface area contributed by atoms with Crippen molar-refractivity contribution in [2.75, 3.05) is 10.6 Å². The Morgan fingerprint density at radius 2 is 1.93 bits per heavy atom. The lowest BCUT2D eigenvalue weighted by atomic mass is 9.95. The topological polar surface area (TPSA) is 79.8 Å². The fourth-order valence-electron chi connectivity index (χ4n) is 2.77. The molecule has 0 radical (unpaired) electrons. The van der Waals surface area contributed by atoms with Gasteiger partial charge in [0.15, 0.2) is 0 Å². The maximum absolute atomic E-state index is 12.2. The number of benzene rings is 1. The van der Waals surface area contributed by atoms with E-state index in [1.54, 1.807) is 17.8 Å². The summed E-state index contributed by atoms with van der Waals surface area (Å²) in [6.07, 6.45) is 2.60. The lowest BCUT2D eigenvalue weighted by Gasteiger charge is -2.24. The van der Waals surface area contributed by atoms with Crippen LogP contribution in [-0.4, -0.2) is 21.1 Å². The van der Waals surface area contributed by atoms with E-state index in [0.717, 1.165) is 12.2 Å². The van der Waals surface area contributed by atoms with E-state index in [2.05, 4.69) is 70.9 Å². The number of hydrogen-bond acceptors (Lipinski definition) is 6. The van der Waals surface area contributed by atoms with Gasteiger partial charge >= 0.3 is 0 Å². The first-order valence-electron chi connectivity index (χ1n) is 8.95. The SMILES string of the molecule is CCc1ccc(C(Nc2ccc(C(=O)Nc3nncs3)cn2)C(C)C)cc1. The van der Waals surface area contributed by atoms with E-state index in [1.807, 2.05) is 6.07 Å². The second-order valence-corrected chi connectivity index (χ2v) is 7.42. The molecule has 2 heterocycles. The molecule has 0 bridgehead atoms. The van der Waals surface area contributed by atoms with Crippen molar-refractivity contribution in [2.45, 2.75) is 33.2 Å². The maximum atomic E-state index is 12.2. The van der Waals surface area contributed by atoms with Gasteiger partial charge in [-0.25, -0.2) is 4.98 Å². The van der Waals surface area contributed by atoms with Gasteiger partial charge in [0.1, 0.15) is 11.3 Å². The van der Waals surface area contributed by atoms with E-state index in [1.165, 1.54) is 22.5 Å². The van der Waals surface area contributed by atoms with Crippen LogP contribution in [0.25, 0.3) is 0 Å². The zero-order valence-electron chi connectivity index (χ0n) is 15.6. The van der Waals surface area contributed by atoms with E-state index < -0.39 is 0 Å². The molecule has 27 heavy (non-hydrogen) atoms. The minimum Gasteiger partial charge on any atom is -0.363 e. The molecule has 3 aromatic rings. The molecule has 1 amide bonds. The molecular weight excluding hydrogens is 358 g/mol. The number of nitrogens with one attached hydrogen (secondary N) is 2. The Kier molecular flexibility index (Phi) is 6.13. The molecule has 0 aliphatic rings. The third kappa shape index (κ3) is 4.89. The third-order valence-corrected chi connectivity index (χ3v) is 4.93. The summed E-state index contributed by atoms with van der Waals surface area (Å²) in [6.45, 7) is 6.50. The number of carbonyl (C=O) groups is 1. The third-order valence-electron chi connectivity index (χ3n) is 4.32. The summed E-state index contributed by atoms with van der Waals surface area (Å²) >= 11 is 1.27. The minimum absolute atomic E-state index is 0.143. The van der Waals surface area contributed by atoms with Crippen molar-refractivity contribution in [1.82, 2.24) is 15.2 Å². The van der Waals surface area contributed by atoms with Gasteiger partial charge in [0.05, 0.1) is 11.6 Å². The van der Waals surface area contributed by atoms with Gasteiger partial charge in [0.25, 0.3) is 5.91 Å². The van der Waals surface area contributed by atoms with Crippen molar-refractivity contribution in [1.29, 1.82) is 0 Å². The Labute approximate surface area is 163 Å². The first kappa shape index (κ1) is 19.0. The number of carbonyl (C=O) groups excluding carboxylic acids is 1. The summed E-state index contributed by atoms with van der Waals surface area (Å²) in [5.74, 6) is 0.877. The highest BCUT2D eigenvalue weighted by Crippen LogP contribution is 2.26. The molecule has 0 saturated carbocycles. The number of aryl methyl sites for hydroxylation is 1. The van der Waals surface area contributed by atoms with Crippen LogP contribution in [-0.2, 0) is 6.42 Å². The summed E-state index contributed by atoms with van der Waals surface area (Å²) in [5.41, 5.74) is 4.59. The van der Waals surface area contributed by atoms with E-state index in [-0.39, 0.29) is 11.9 Å². The predicted octanol–water partition coefficient (Wildman–Crippen LogP) is 4.56. The van der Waals surface area contributed by atoms with Crippen molar-refractivity contribution < 1.29 is 4.79 Å². The summed E-state index contributed by atoms with van der Waals surface area (Å²) in [6, 6.07) is 12.4. The normalized spacial score (nSPS) is 12.0. The molecule has 0 fully saturated rings. The maximum Gasteiger partial charge on any atom is 0.259 e. The molecule has 7 heteroatoms. The van der Waals surface area contributed by atoms with Crippen LogP contribution in [0.5, 0.6) is 0 Å². The number of amides is 1. The van der Waals surface area contributed by atoms with Crippen LogP contribution in [0.4, 0.5) is 10.9 Å². The Morgan fingerprint density at radius 1 is 1.15 bits per heavy atom. The van der Waals surface area contributed by atoms with Gasteiger partial charge in [-0.05, 0) is 35.6 Å². The molecule has 1 unspecified atom stereocenters.